The number of nitrogen functional groups attached to an aromatic ring is 1. The van der Waals surface area contributed by atoms with Gasteiger partial charge >= 0.3 is 0 Å². The number of benzene rings is 1. The number of aromatic nitrogens is 2. The number of rotatable bonds is 5. The van der Waals surface area contributed by atoms with Crippen molar-refractivity contribution in [1.82, 2.24) is 14.3 Å². The molecule has 2 aromatic rings. The summed E-state index contributed by atoms with van der Waals surface area (Å²) in [5, 5.41) is 0.0747. The Hall–Kier alpha value is -1.57. The highest BCUT2D eigenvalue weighted by atomic mass is 35.5. The lowest BCUT2D eigenvalue weighted by Crippen LogP contribution is -2.31. The molecule has 3 N–H and O–H groups in total. The zero-order valence-electron chi connectivity index (χ0n) is 14.5. The second-order valence-corrected chi connectivity index (χ2v) is 8.49. The fraction of sp³-hybridized carbons (Fsp3) is 0.471. The highest BCUT2D eigenvalue weighted by molar-refractivity contribution is 7.89. The average molecular weight is 385 g/mol. The molecule has 6 nitrogen and oxygen atoms in total. The normalized spacial score (nSPS) is 17.2. The van der Waals surface area contributed by atoms with Crippen molar-refractivity contribution >= 4 is 28.1 Å². The molecule has 1 aliphatic rings. The molecule has 3 rings (SSSR count). The molecule has 0 bridgehead atoms. The van der Waals surface area contributed by atoms with E-state index in [0.29, 0.717) is 11.6 Å². The molecular weight excluding hydrogens is 360 g/mol. The topological polar surface area (TPSA) is 90.0 Å². The Balaban J connectivity index is 0.00000225. The monoisotopic (exact) mass is 384 g/mol. The predicted octanol–water partition coefficient (Wildman–Crippen LogP) is 2.90. The van der Waals surface area contributed by atoms with Crippen molar-refractivity contribution in [3.8, 4) is 0 Å². The SMILES string of the molecule is CC(C)Cn1cnc(S(=O)(=O)NC2CCCc3cc(N)ccc32)c1.Cl. The summed E-state index contributed by atoms with van der Waals surface area (Å²) in [4.78, 5) is 4.07. The molecule has 1 aliphatic carbocycles. The molecule has 1 aromatic heterocycles. The summed E-state index contributed by atoms with van der Waals surface area (Å²) in [7, 11) is -3.64. The smallest absolute Gasteiger partial charge is 0.260 e. The Morgan fingerprint density at radius 2 is 2.16 bits per heavy atom. The van der Waals surface area contributed by atoms with E-state index in [1.165, 1.54) is 0 Å². The van der Waals surface area contributed by atoms with Crippen LogP contribution in [0.2, 0.25) is 0 Å². The van der Waals surface area contributed by atoms with Gasteiger partial charge in [0.05, 0.1) is 6.33 Å². The lowest BCUT2D eigenvalue weighted by molar-refractivity contribution is 0.505. The van der Waals surface area contributed by atoms with Gasteiger partial charge in [-0.1, -0.05) is 19.9 Å². The van der Waals surface area contributed by atoms with E-state index >= 15 is 0 Å². The molecule has 0 saturated carbocycles. The predicted molar refractivity (Wildman–Crippen MR) is 101 cm³/mol. The molecule has 0 amide bonds. The lowest BCUT2D eigenvalue weighted by Gasteiger charge is -2.26. The summed E-state index contributed by atoms with van der Waals surface area (Å²) in [6, 6.07) is 5.46. The van der Waals surface area contributed by atoms with Crippen LogP contribution >= 0.6 is 12.4 Å². The van der Waals surface area contributed by atoms with Gasteiger partial charge in [-0.25, -0.2) is 18.1 Å². The Bertz CT molecular complexity index is 833. The Morgan fingerprint density at radius 3 is 2.88 bits per heavy atom. The maximum absolute atomic E-state index is 12.7. The first kappa shape index (κ1) is 19.8. The van der Waals surface area contributed by atoms with Crippen LogP contribution in [0.4, 0.5) is 5.69 Å². The zero-order chi connectivity index (χ0) is 17.3. The van der Waals surface area contributed by atoms with E-state index < -0.39 is 10.0 Å². The van der Waals surface area contributed by atoms with Gasteiger partial charge in [0, 0.05) is 24.5 Å². The summed E-state index contributed by atoms with van der Waals surface area (Å²) >= 11 is 0. The Kier molecular flexibility index (Phi) is 6.13. The van der Waals surface area contributed by atoms with Crippen molar-refractivity contribution in [2.45, 2.75) is 50.7 Å². The third-order valence-electron chi connectivity index (χ3n) is 4.24. The summed E-state index contributed by atoms with van der Waals surface area (Å²) in [6.45, 7) is 4.90. The number of fused-ring (bicyclic) bond motifs is 1. The molecule has 0 radical (unpaired) electrons. The van der Waals surface area contributed by atoms with E-state index in [0.717, 1.165) is 36.9 Å². The fourth-order valence-corrected chi connectivity index (χ4v) is 4.40. The number of sulfonamides is 1. The first-order valence-electron chi connectivity index (χ1n) is 8.27. The highest BCUT2D eigenvalue weighted by Gasteiger charge is 2.27. The Morgan fingerprint density at radius 1 is 1.40 bits per heavy atom. The first-order valence-corrected chi connectivity index (χ1v) is 9.76. The van der Waals surface area contributed by atoms with E-state index in [4.69, 9.17) is 5.73 Å². The number of imidazole rings is 1. The number of nitrogens with one attached hydrogen (secondary N) is 1. The van der Waals surface area contributed by atoms with Crippen LogP contribution in [-0.2, 0) is 23.0 Å². The van der Waals surface area contributed by atoms with Crippen LogP contribution < -0.4 is 10.5 Å². The van der Waals surface area contributed by atoms with Crippen LogP contribution in [0.15, 0.2) is 35.7 Å². The van der Waals surface area contributed by atoms with E-state index in [9.17, 15) is 8.42 Å². The van der Waals surface area contributed by atoms with E-state index in [-0.39, 0.29) is 23.5 Å². The molecule has 138 valence electrons. The number of hydrogen-bond acceptors (Lipinski definition) is 4. The molecule has 1 aromatic carbocycles. The van der Waals surface area contributed by atoms with Crippen LogP contribution in [-0.4, -0.2) is 18.0 Å². The van der Waals surface area contributed by atoms with Crippen LogP contribution in [0.3, 0.4) is 0 Å². The third-order valence-corrected chi connectivity index (χ3v) is 5.60. The molecule has 1 heterocycles. The number of halogens is 1. The van der Waals surface area contributed by atoms with Crippen molar-refractivity contribution in [1.29, 1.82) is 0 Å². The van der Waals surface area contributed by atoms with Gasteiger partial charge in [-0.3, -0.25) is 0 Å². The average Bonchev–Trinajstić information content (AvgIpc) is 2.95. The molecule has 0 spiro atoms. The Labute approximate surface area is 155 Å². The van der Waals surface area contributed by atoms with Crippen LogP contribution in [0.1, 0.15) is 43.9 Å². The largest absolute Gasteiger partial charge is 0.399 e. The van der Waals surface area contributed by atoms with Crippen molar-refractivity contribution < 1.29 is 8.42 Å². The van der Waals surface area contributed by atoms with Gasteiger partial charge in [0.2, 0.25) is 0 Å². The van der Waals surface area contributed by atoms with Gasteiger partial charge in [0.25, 0.3) is 10.0 Å². The highest BCUT2D eigenvalue weighted by Crippen LogP contribution is 2.32. The summed E-state index contributed by atoms with van der Waals surface area (Å²) in [5.74, 6) is 0.429. The number of aryl methyl sites for hydroxylation is 1. The summed E-state index contributed by atoms with van der Waals surface area (Å²) in [6.07, 6.45) is 5.81. The number of nitrogens with two attached hydrogens (primary N) is 1. The molecule has 8 heteroatoms. The van der Waals surface area contributed by atoms with Crippen molar-refractivity contribution in [2.75, 3.05) is 5.73 Å². The second kappa shape index (κ2) is 7.76. The molecule has 1 unspecified atom stereocenters. The van der Waals surface area contributed by atoms with Gasteiger partial charge < -0.3 is 10.3 Å². The van der Waals surface area contributed by atoms with Crippen molar-refractivity contribution in [3.63, 3.8) is 0 Å². The van der Waals surface area contributed by atoms with Crippen molar-refractivity contribution in [2.24, 2.45) is 5.92 Å². The first-order chi connectivity index (χ1) is 11.3. The second-order valence-electron chi connectivity index (χ2n) is 6.83. The number of hydrogen-bond donors (Lipinski definition) is 2. The molecular formula is C17H25ClN4O2S. The molecule has 0 saturated heterocycles. The summed E-state index contributed by atoms with van der Waals surface area (Å²) in [5.41, 5.74) is 8.69. The maximum atomic E-state index is 12.7. The minimum Gasteiger partial charge on any atom is -0.399 e. The number of anilines is 1. The van der Waals surface area contributed by atoms with E-state index in [2.05, 4.69) is 23.6 Å². The van der Waals surface area contributed by atoms with Crippen LogP contribution in [0, 0.1) is 5.92 Å². The lowest BCUT2D eigenvalue weighted by atomic mass is 9.88. The minimum absolute atomic E-state index is 0. The number of nitrogens with zero attached hydrogens (tertiary/aromatic N) is 2. The molecule has 0 aliphatic heterocycles. The van der Waals surface area contributed by atoms with Crippen molar-refractivity contribution in [3.05, 3.63) is 41.9 Å². The van der Waals surface area contributed by atoms with Gasteiger partial charge in [-0.2, -0.15) is 0 Å². The third kappa shape index (κ3) is 4.54. The van der Waals surface area contributed by atoms with Gasteiger partial charge in [-0.15, -0.1) is 12.4 Å². The zero-order valence-corrected chi connectivity index (χ0v) is 16.1. The molecule has 0 fully saturated rings. The quantitative estimate of drug-likeness (QED) is 0.775. The van der Waals surface area contributed by atoms with Gasteiger partial charge in [0.15, 0.2) is 5.03 Å². The van der Waals surface area contributed by atoms with Gasteiger partial charge in [-0.05, 0) is 48.4 Å². The molecule has 1 atom stereocenters. The van der Waals surface area contributed by atoms with Gasteiger partial charge in [0.1, 0.15) is 0 Å². The summed E-state index contributed by atoms with van der Waals surface area (Å²) < 4.78 is 30.0. The van der Waals surface area contributed by atoms with Crippen LogP contribution in [0.25, 0.3) is 0 Å². The van der Waals surface area contributed by atoms with E-state index in [1.807, 2.05) is 22.8 Å². The maximum Gasteiger partial charge on any atom is 0.260 e. The van der Waals surface area contributed by atoms with E-state index in [1.54, 1.807) is 12.5 Å². The standard InChI is InChI=1S/C17H24N4O2S.ClH/c1-12(2)9-21-10-17(19-11-21)24(22,23)20-16-5-3-4-13-8-14(18)6-7-15(13)16;/h6-8,10-12,16,20H,3-5,9,18H2,1-2H3;1H. The van der Waals surface area contributed by atoms with Crippen LogP contribution in [0.5, 0.6) is 0 Å². The fourth-order valence-electron chi connectivity index (χ4n) is 3.20. The minimum atomic E-state index is -3.64. The molecule has 25 heavy (non-hydrogen) atoms.